The molecule has 11 heavy (non-hydrogen) atoms. The van der Waals surface area contributed by atoms with Gasteiger partial charge in [0, 0.05) is 6.20 Å². The number of nitrogens with two attached hydrogens (primary N) is 1. The molecule has 58 valence electrons. The van der Waals surface area contributed by atoms with Crippen LogP contribution in [0.1, 0.15) is 13.0 Å². The van der Waals surface area contributed by atoms with E-state index in [1.54, 1.807) is 6.92 Å². The molecule has 1 aromatic rings. The summed E-state index contributed by atoms with van der Waals surface area (Å²) in [5.41, 5.74) is 5.36. The van der Waals surface area contributed by atoms with Gasteiger partial charge in [0.2, 0.25) is 0 Å². The molecule has 0 saturated heterocycles. The van der Waals surface area contributed by atoms with Crippen molar-refractivity contribution in [3.8, 4) is 6.07 Å². The van der Waals surface area contributed by atoms with Gasteiger partial charge in [0.1, 0.15) is 11.1 Å². The first-order valence-electron chi connectivity index (χ1n) is 3.05. The summed E-state index contributed by atoms with van der Waals surface area (Å²) >= 11 is 5.61. The molecule has 0 radical (unpaired) electrons. The van der Waals surface area contributed by atoms with Crippen LogP contribution in [0, 0.1) is 11.3 Å². The maximum atomic E-state index is 8.49. The molecule has 1 rings (SSSR count). The Morgan fingerprint density at radius 2 is 2.55 bits per heavy atom. The van der Waals surface area contributed by atoms with Gasteiger partial charge in [-0.2, -0.15) is 10.4 Å². The number of aromatic nitrogens is 2. The number of nitrogen functional groups attached to an aromatic ring is 1. The summed E-state index contributed by atoms with van der Waals surface area (Å²) in [7, 11) is 0. The predicted octanol–water partition coefficient (Wildman–Crippen LogP) is 1.20. The molecule has 0 aromatic carbocycles. The Balaban J connectivity index is 2.99. The van der Waals surface area contributed by atoms with Gasteiger partial charge in [-0.05, 0) is 6.92 Å². The lowest BCUT2D eigenvalue weighted by molar-refractivity contribution is 0.593. The molecule has 1 atom stereocenters. The van der Waals surface area contributed by atoms with Gasteiger partial charge in [-0.3, -0.25) is 4.68 Å². The first-order valence-corrected chi connectivity index (χ1v) is 3.42. The minimum Gasteiger partial charge on any atom is -0.381 e. The van der Waals surface area contributed by atoms with Crippen molar-refractivity contribution in [1.29, 1.82) is 5.26 Å². The van der Waals surface area contributed by atoms with E-state index in [1.807, 2.05) is 6.07 Å². The number of halogens is 1. The first-order chi connectivity index (χ1) is 5.15. The van der Waals surface area contributed by atoms with Crippen LogP contribution >= 0.6 is 11.6 Å². The highest BCUT2D eigenvalue weighted by Gasteiger charge is 2.07. The van der Waals surface area contributed by atoms with E-state index in [0.29, 0.717) is 5.02 Å². The van der Waals surface area contributed by atoms with Crippen LogP contribution in [0.25, 0.3) is 0 Å². The fourth-order valence-corrected chi connectivity index (χ4v) is 0.779. The predicted molar refractivity (Wildman–Crippen MR) is 42.0 cm³/mol. The second-order valence-corrected chi connectivity index (χ2v) is 2.55. The number of rotatable bonds is 1. The smallest absolute Gasteiger partial charge is 0.164 e. The van der Waals surface area contributed by atoms with E-state index in [-0.39, 0.29) is 11.9 Å². The summed E-state index contributed by atoms with van der Waals surface area (Å²) in [5, 5.41) is 12.7. The number of anilines is 1. The molecule has 0 aliphatic heterocycles. The van der Waals surface area contributed by atoms with Crippen molar-refractivity contribution in [2.45, 2.75) is 13.0 Å². The molecule has 5 heteroatoms. The first kappa shape index (κ1) is 7.89. The van der Waals surface area contributed by atoms with E-state index in [2.05, 4.69) is 5.10 Å². The lowest BCUT2D eigenvalue weighted by atomic mass is 10.4. The average molecular weight is 171 g/mol. The maximum Gasteiger partial charge on any atom is 0.164 e. The molecule has 0 aliphatic carbocycles. The second-order valence-electron chi connectivity index (χ2n) is 2.15. The van der Waals surface area contributed by atoms with Crippen molar-refractivity contribution in [2.24, 2.45) is 0 Å². The maximum absolute atomic E-state index is 8.49. The molecule has 1 aromatic heterocycles. The van der Waals surface area contributed by atoms with E-state index in [4.69, 9.17) is 22.6 Å². The third-order valence-electron chi connectivity index (χ3n) is 1.30. The van der Waals surface area contributed by atoms with Crippen LogP contribution < -0.4 is 5.73 Å². The van der Waals surface area contributed by atoms with Gasteiger partial charge in [-0.15, -0.1) is 0 Å². The Hall–Kier alpha value is -1.21. The molecule has 0 aliphatic rings. The number of nitriles is 1. The number of nitrogens with zero attached hydrogens (tertiary/aromatic N) is 3. The van der Waals surface area contributed by atoms with Crippen molar-refractivity contribution in [3.05, 3.63) is 11.2 Å². The average Bonchev–Trinajstić information content (AvgIpc) is 2.31. The number of hydrogen-bond acceptors (Lipinski definition) is 3. The van der Waals surface area contributed by atoms with E-state index in [1.165, 1.54) is 10.9 Å². The van der Waals surface area contributed by atoms with Crippen molar-refractivity contribution in [3.63, 3.8) is 0 Å². The van der Waals surface area contributed by atoms with Gasteiger partial charge in [-0.1, -0.05) is 11.6 Å². The molecule has 0 fully saturated rings. The molecule has 0 saturated carbocycles. The molecule has 2 N–H and O–H groups in total. The monoisotopic (exact) mass is 170 g/mol. The summed E-state index contributed by atoms with van der Waals surface area (Å²) < 4.78 is 1.43. The molecular formula is C6H7ClN4. The largest absolute Gasteiger partial charge is 0.381 e. The van der Waals surface area contributed by atoms with Gasteiger partial charge in [-0.25, -0.2) is 0 Å². The molecule has 1 heterocycles. The Labute approximate surface area is 69.2 Å². The summed E-state index contributed by atoms with van der Waals surface area (Å²) in [6.07, 6.45) is 1.53. The van der Waals surface area contributed by atoms with E-state index < -0.39 is 0 Å². The SMILES string of the molecule is CC(C#N)n1cc(Cl)c(N)n1. The zero-order valence-electron chi connectivity index (χ0n) is 5.95. The summed E-state index contributed by atoms with van der Waals surface area (Å²) in [6.45, 7) is 1.71. The van der Waals surface area contributed by atoms with Crippen LogP contribution in [-0.4, -0.2) is 9.78 Å². The summed E-state index contributed by atoms with van der Waals surface area (Å²) in [6, 6.07) is 1.68. The van der Waals surface area contributed by atoms with Crippen molar-refractivity contribution >= 4 is 17.4 Å². The Morgan fingerprint density at radius 1 is 1.91 bits per heavy atom. The second kappa shape index (κ2) is 2.81. The normalized spacial score (nSPS) is 12.5. The molecule has 0 spiro atoms. The van der Waals surface area contributed by atoms with Crippen LogP contribution in [0.15, 0.2) is 6.20 Å². The quantitative estimate of drug-likeness (QED) is 0.689. The summed E-state index contributed by atoms with van der Waals surface area (Å²) in [4.78, 5) is 0. The zero-order valence-corrected chi connectivity index (χ0v) is 6.71. The van der Waals surface area contributed by atoms with Crippen LogP contribution in [0.3, 0.4) is 0 Å². The minimum absolute atomic E-state index is 0.258. The zero-order chi connectivity index (χ0) is 8.43. The van der Waals surface area contributed by atoms with Gasteiger partial charge >= 0.3 is 0 Å². The Morgan fingerprint density at radius 3 is 2.91 bits per heavy atom. The third-order valence-corrected chi connectivity index (χ3v) is 1.59. The Bertz CT molecular complexity index is 279. The van der Waals surface area contributed by atoms with Crippen molar-refractivity contribution in [2.75, 3.05) is 5.73 Å². The fraction of sp³-hybridized carbons (Fsp3) is 0.333. The highest BCUT2D eigenvalue weighted by atomic mass is 35.5. The van der Waals surface area contributed by atoms with Crippen LogP contribution in [-0.2, 0) is 0 Å². The van der Waals surface area contributed by atoms with Crippen LogP contribution in [0.5, 0.6) is 0 Å². The van der Waals surface area contributed by atoms with Gasteiger partial charge < -0.3 is 5.73 Å². The lowest BCUT2D eigenvalue weighted by Gasteiger charge is -1.99. The van der Waals surface area contributed by atoms with Gasteiger partial charge in [0.15, 0.2) is 5.82 Å². The van der Waals surface area contributed by atoms with E-state index in [0.717, 1.165) is 0 Å². The van der Waals surface area contributed by atoms with Crippen molar-refractivity contribution < 1.29 is 0 Å². The molecule has 0 amide bonds. The molecule has 1 unspecified atom stereocenters. The van der Waals surface area contributed by atoms with E-state index >= 15 is 0 Å². The molecule has 0 bridgehead atoms. The van der Waals surface area contributed by atoms with Crippen LogP contribution in [0.2, 0.25) is 5.02 Å². The minimum atomic E-state index is -0.329. The van der Waals surface area contributed by atoms with E-state index in [9.17, 15) is 0 Å². The van der Waals surface area contributed by atoms with Gasteiger partial charge in [0.25, 0.3) is 0 Å². The standard InChI is InChI=1S/C6H7ClN4/c1-4(2-8)11-3-5(7)6(9)10-11/h3-4H,1H3,(H2,9,10). The highest BCUT2D eigenvalue weighted by molar-refractivity contribution is 6.32. The Kier molecular flexibility index (Phi) is 2.01. The fourth-order valence-electron chi connectivity index (χ4n) is 0.641. The highest BCUT2D eigenvalue weighted by Crippen LogP contribution is 2.17. The molecule has 4 nitrogen and oxygen atoms in total. The number of hydrogen-bond donors (Lipinski definition) is 1. The van der Waals surface area contributed by atoms with Crippen LogP contribution in [0.4, 0.5) is 5.82 Å². The van der Waals surface area contributed by atoms with Gasteiger partial charge in [0.05, 0.1) is 6.07 Å². The van der Waals surface area contributed by atoms with Crippen molar-refractivity contribution in [1.82, 2.24) is 9.78 Å². The lowest BCUT2D eigenvalue weighted by Crippen LogP contribution is -2.03. The molecular weight excluding hydrogens is 164 g/mol. The topological polar surface area (TPSA) is 67.6 Å². The summed E-state index contributed by atoms with van der Waals surface area (Å²) in [5.74, 6) is 0.258. The third kappa shape index (κ3) is 1.44.